The molecule has 52 heteroatoms. The number of aliphatic carboxylic acids is 2. The van der Waals surface area contributed by atoms with Crippen molar-refractivity contribution in [1.82, 2.24) is 25.3 Å². The third-order valence-corrected chi connectivity index (χ3v) is 17.8. The third kappa shape index (κ3) is 72.1. The summed E-state index contributed by atoms with van der Waals surface area (Å²) < 4.78 is 49.8. The summed E-state index contributed by atoms with van der Waals surface area (Å²) in [5.41, 5.74) is 13.7. The first-order valence-corrected chi connectivity index (χ1v) is 41.0. The zero-order chi connectivity index (χ0) is 98.6. The Morgan fingerprint density at radius 2 is 0.788 bits per heavy atom. The molecule has 1 amide bonds. The van der Waals surface area contributed by atoms with Gasteiger partial charge in [-0.1, -0.05) is 87.0 Å². The fourth-order valence-corrected chi connectivity index (χ4v) is 12.1. The Kier molecular flexibility index (Phi) is 89.7. The number of nitrogens with one attached hydrogen (secondary N) is 1. The highest BCUT2D eigenvalue weighted by molar-refractivity contribution is 7.85. The zero-order valence-corrected chi connectivity index (χ0v) is 74.1. The molecule has 0 bridgehead atoms. The van der Waals surface area contributed by atoms with Crippen LogP contribution in [-0.4, -0.2) is 194 Å². The summed E-state index contributed by atoms with van der Waals surface area (Å²) in [5.74, 6) is -3.30. The van der Waals surface area contributed by atoms with Crippen LogP contribution in [0.4, 0.5) is 4.79 Å². The van der Waals surface area contributed by atoms with Crippen molar-refractivity contribution in [2.75, 3.05) is 33.7 Å². The van der Waals surface area contributed by atoms with Gasteiger partial charge in [0.15, 0.2) is 11.4 Å². The maximum atomic E-state index is 12.1. The van der Waals surface area contributed by atoms with Crippen LogP contribution in [0.3, 0.4) is 0 Å². The van der Waals surface area contributed by atoms with Crippen molar-refractivity contribution >= 4 is 74.4 Å². The molecular weight excluding hydrogens is 1800 g/mol. The molecule has 9 rings (SSSR count). The zero-order valence-electron chi connectivity index (χ0n) is 73.3. The van der Waals surface area contributed by atoms with Crippen molar-refractivity contribution < 1.29 is 219 Å². The number of hydrogen-bond acceptors (Lipinski definition) is 46. The lowest BCUT2D eigenvalue weighted by atomic mass is 9.95. The number of Topliss-reactive ketones (excluding diaryl/α,β-unsaturated/α-hetero) is 3. The van der Waals surface area contributed by atoms with Crippen molar-refractivity contribution in [3.8, 4) is 11.1 Å². The molecule has 0 spiro atoms. The molecule has 0 saturated heterocycles. The number of methoxy groups -OCH3 is 3. The van der Waals surface area contributed by atoms with Gasteiger partial charge < -0.3 is 49.5 Å². The fourth-order valence-electron chi connectivity index (χ4n) is 11.3. The molecule has 750 valence electrons. The Hall–Kier alpha value is -10.6. The number of carboxylic acids is 2. The third-order valence-electron chi connectivity index (χ3n) is 17.0. The van der Waals surface area contributed by atoms with Gasteiger partial charge in [0.1, 0.15) is 30.0 Å². The van der Waals surface area contributed by atoms with Crippen LogP contribution in [0, 0.1) is 9.93 Å². The van der Waals surface area contributed by atoms with Crippen LogP contribution in [0.1, 0.15) is 234 Å². The van der Waals surface area contributed by atoms with Gasteiger partial charge in [-0.15, -0.1) is 0 Å². The Balaban J connectivity index is -0.000000345. The Bertz CT molecular complexity index is 4050. The van der Waals surface area contributed by atoms with Crippen LogP contribution in [-0.2, 0) is 188 Å². The molecule has 51 nitrogen and oxygen atoms in total. The topological polar surface area (TPSA) is 755 Å². The number of ketones is 3. The van der Waals surface area contributed by atoms with Crippen molar-refractivity contribution in [2.24, 2.45) is 0 Å². The van der Waals surface area contributed by atoms with Gasteiger partial charge in [-0.25, -0.2) is 67.3 Å². The molecule has 132 heavy (non-hydrogen) atoms. The van der Waals surface area contributed by atoms with Crippen molar-refractivity contribution in [1.29, 1.82) is 0 Å². The molecule has 16 N–H and O–H groups in total. The summed E-state index contributed by atoms with van der Waals surface area (Å²) in [7, 11) is -0.194. The highest BCUT2D eigenvalue weighted by Crippen LogP contribution is 2.44. The molecule has 0 saturated carbocycles. The number of carbonyl (C=O) groups excluding carboxylic acids is 7. The average molecular weight is 1920 g/mol. The Morgan fingerprint density at radius 1 is 0.439 bits per heavy atom. The van der Waals surface area contributed by atoms with E-state index in [1.165, 1.54) is 95.0 Å². The average Bonchev–Trinajstić information content (AvgIpc) is 1.62. The number of carboxylic acid groups (broad SMARTS) is 2. The number of alkyl carbamates (subject to hydrolysis) is 1. The quantitative estimate of drug-likeness (QED) is 0.00423. The molecule has 4 heterocycles. The minimum absolute atomic E-state index is 0. The number of nitrogens with zero attached hydrogens (tertiary/aromatic N) is 4. The first kappa shape index (κ1) is 132. The molecule has 0 unspecified atom stereocenters. The smallest absolute Gasteiger partial charge is 0.407 e. The number of aromatic nitrogens is 4. The minimum atomic E-state index is -4.42. The highest BCUT2D eigenvalue weighted by Gasteiger charge is 2.30. The lowest BCUT2D eigenvalue weighted by Crippen LogP contribution is -2.44. The van der Waals surface area contributed by atoms with Crippen LogP contribution < -0.4 is 5.32 Å². The number of carbonyl (C=O) groups is 9. The number of benzene rings is 2. The van der Waals surface area contributed by atoms with Crippen LogP contribution in [0.25, 0.3) is 22.2 Å². The molecule has 0 radical (unpaired) electrons. The number of rotatable bonds is 41. The second-order valence-corrected chi connectivity index (χ2v) is 27.5. The number of ether oxygens (including phenoxy) is 4. The first-order chi connectivity index (χ1) is 62.5. The van der Waals surface area contributed by atoms with Gasteiger partial charge in [0, 0.05) is 101 Å². The molecule has 3 aliphatic rings. The van der Waals surface area contributed by atoms with E-state index in [0.717, 1.165) is 135 Å². The number of aryl methyl sites for hydroxylation is 7. The van der Waals surface area contributed by atoms with Crippen molar-refractivity contribution in [2.45, 2.75) is 234 Å². The summed E-state index contributed by atoms with van der Waals surface area (Å²) in [6, 6.07) is 30.9. The monoisotopic (exact) mass is 1920 g/mol. The number of amides is 1. The first-order valence-electron chi connectivity index (χ1n) is 39.4. The highest BCUT2D eigenvalue weighted by atomic mass is 32.2. The van der Waals surface area contributed by atoms with Crippen molar-refractivity contribution in [3.05, 3.63) is 164 Å². The number of esters is 3. The molecule has 3 aliphatic carbocycles. The fraction of sp³-hybridized carbons (Fsp3) is 0.512. The van der Waals surface area contributed by atoms with Gasteiger partial charge >= 0.3 is 35.9 Å². The minimum Gasteiger partial charge on any atom is -0.481 e. The van der Waals surface area contributed by atoms with Gasteiger partial charge in [-0.2, -0.15) is 8.42 Å². The largest absolute Gasteiger partial charge is 0.481 e. The molecule has 2 aromatic carbocycles. The predicted molar refractivity (Wildman–Crippen MR) is 454 cm³/mol. The number of fused-ring (bicyclic) bond motifs is 6. The van der Waals surface area contributed by atoms with E-state index < -0.39 is 45.7 Å². The van der Waals surface area contributed by atoms with Gasteiger partial charge in [-0.05, 0) is 296 Å². The SMILES string of the molecule is C.CC.CC(=O)CCCCC(=O)O.CC(=O)[C@H](CS(=O)(=O)O)NC(=O)OCC1c2ccccc2-c2ccccc21.COC(=O)CCCCC(C)=O.COC(=O)CCCCc1ccc2c(n1)CCCC2.COC(=O)CCCCc1ccc2cccnc2n1.O.O=C(O)CCCCc1ccc2c(n1)CCCC2.O=O.OOO.OOOO.OOOOO.OOOOOO.OOOOOOO. The van der Waals surface area contributed by atoms with Gasteiger partial charge in [-0.3, -0.25) is 43.3 Å². The maximum absolute atomic E-state index is 12.1. The second-order valence-electron chi connectivity index (χ2n) is 26.0. The maximum Gasteiger partial charge on any atom is 0.407 e. The summed E-state index contributed by atoms with van der Waals surface area (Å²) in [4.78, 5) is 129. The van der Waals surface area contributed by atoms with E-state index in [1.807, 2.05) is 86.6 Å². The standard InChI is InChI=1S/C19H19NO6S.C15H21NO2.C14H16N2O2.C14H19NO2.C8H14O3.C7H12O3.C2H6.CH4.H2O7.H2O6.H2O5.H2O4.H2O3.O2.H2O/c1-12(21)18(11-27(23,24)25)20-19(22)26-10-17-15-8-4-2-6-13(15)14-7-3-5-9-16(14)17;1-18-15(17)9-5-3-7-13-11-10-12-6-2-4-8-14(12)16-13;1-18-13(17)7-3-2-6-12-9-8-11-5-4-10-15-14(11)16-12;16-14(17)8-4-2-6-12-10-9-11-5-1-3-7-13(11)15-12;1-7(9)5-3-4-6-8(10)11-2;1-6(8)4-2-3-5-7(9)10;1-2;;1-3-5-7-6-4-2;1-3-5-6-4-2;1-3-5-4-2;1-3-4-2;1-3-2;1-2;/h2-9,17-18H,10-11H2,1H3,(H,20,22)(H,23,24,25);10-11H,2-9H2,1H3;4-5,8-10H,2-3,6-7H2,1H3;9-10H,1-8H2,(H,16,17);3-6H2,1-2H3;2-5H2,1H3,(H,9,10);1-2H3;1H4;1-2H;1-2H;1-2H;1-2H;1-2H;;1H2/t18-;;;;;;;;;;;;;;/m0............../s1. The molecule has 0 fully saturated rings. The summed E-state index contributed by atoms with van der Waals surface area (Å²) in [6.07, 6.45) is 24.3. The van der Waals surface area contributed by atoms with E-state index >= 15 is 0 Å². The summed E-state index contributed by atoms with van der Waals surface area (Å²) >= 11 is 0. The van der Waals surface area contributed by atoms with E-state index in [2.05, 4.69) is 134 Å². The van der Waals surface area contributed by atoms with Crippen LogP contribution in [0.15, 0.2) is 103 Å². The van der Waals surface area contributed by atoms with E-state index in [9.17, 15) is 51.6 Å². The van der Waals surface area contributed by atoms with Crippen LogP contribution >= 0.6 is 0 Å². The number of pyridine rings is 4. The summed E-state index contributed by atoms with van der Waals surface area (Å²) in [6.45, 7) is 8.23. The van der Waals surface area contributed by atoms with Gasteiger partial charge in [0.25, 0.3) is 10.1 Å². The van der Waals surface area contributed by atoms with E-state index in [0.29, 0.717) is 44.9 Å². The molecule has 4 aromatic heterocycles. The van der Waals surface area contributed by atoms with Gasteiger partial charge in [0.2, 0.25) is 0 Å². The normalized spacial score (nSPS) is 11.2. The Morgan fingerprint density at radius 3 is 1.14 bits per heavy atom. The molecular formula is C80H123N5O46S. The predicted octanol–water partition coefficient (Wildman–Crippen LogP) is 13.0. The lowest BCUT2D eigenvalue weighted by molar-refractivity contribution is -0.784. The number of unbranched alkanes of at least 4 members (excludes halogenated alkanes) is 5. The van der Waals surface area contributed by atoms with Crippen LogP contribution in [0.2, 0.25) is 0 Å². The van der Waals surface area contributed by atoms with E-state index in [4.69, 9.17) is 87.0 Å². The van der Waals surface area contributed by atoms with Gasteiger partial charge in [0.05, 0.1) is 21.3 Å². The molecule has 6 aromatic rings. The Labute approximate surface area is 758 Å². The molecule has 1 atom stereocenters. The van der Waals surface area contributed by atoms with E-state index in [-0.39, 0.29) is 67.7 Å². The number of hydrogen-bond donors (Lipinski definition) is 14. The second kappa shape index (κ2) is 89.6. The van der Waals surface area contributed by atoms with E-state index in [1.54, 1.807) is 13.1 Å². The molecule has 0 aliphatic heterocycles. The van der Waals surface area contributed by atoms with Crippen LogP contribution in [0.5, 0.6) is 0 Å². The van der Waals surface area contributed by atoms with Crippen molar-refractivity contribution in [3.63, 3.8) is 0 Å². The lowest BCUT2D eigenvalue weighted by Gasteiger charge is -2.17. The summed E-state index contributed by atoms with van der Waals surface area (Å²) in [5, 5.41) is 132.